The predicted molar refractivity (Wildman–Crippen MR) is 68.0 cm³/mol. The van der Waals surface area contributed by atoms with Crippen molar-refractivity contribution in [2.24, 2.45) is 5.73 Å². The second kappa shape index (κ2) is 5.34. The van der Waals surface area contributed by atoms with E-state index >= 15 is 0 Å². The zero-order valence-corrected chi connectivity index (χ0v) is 10.00. The monoisotopic (exact) mass is 260 g/mol. The summed E-state index contributed by atoms with van der Waals surface area (Å²) in [4.78, 5) is 26.1. The largest absolute Gasteiger partial charge is 0.490 e. The Morgan fingerprint density at radius 3 is 2.74 bits per heavy atom. The van der Waals surface area contributed by atoms with Crippen molar-refractivity contribution in [1.82, 2.24) is 4.98 Å². The Bertz CT molecular complexity index is 640. The molecule has 0 unspecified atom stereocenters. The molecule has 1 heterocycles. The molecule has 6 nitrogen and oxygen atoms in total. The van der Waals surface area contributed by atoms with Crippen molar-refractivity contribution in [1.29, 1.82) is 0 Å². The molecule has 2 aromatic rings. The minimum Gasteiger partial charge on any atom is -0.490 e. The summed E-state index contributed by atoms with van der Waals surface area (Å²) in [6, 6.07) is 6.87. The van der Waals surface area contributed by atoms with Crippen LogP contribution in [0.25, 0.3) is 10.9 Å². The van der Waals surface area contributed by atoms with Crippen molar-refractivity contribution in [2.75, 3.05) is 6.61 Å². The molecule has 3 N–H and O–H groups in total. The smallest absolute Gasteiger partial charge is 0.340 e. The van der Waals surface area contributed by atoms with Crippen LogP contribution in [0.4, 0.5) is 0 Å². The van der Waals surface area contributed by atoms with E-state index in [0.717, 1.165) is 0 Å². The van der Waals surface area contributed by atoms with Crippen LogP contribution in [0, 0.1) is 0 Å². The lowest BCUT2D eigenvalue weighted by Gasteiger charge is -2.10. The van der Waals surface area contributed by atoms with E-state index in [1.165, 1.54) is 6.20 Å². The quantitative estimate of drug-likeness (QED) is 0.840. The molecule has 6 heteroatoms. The first-order chi connectivity index (χ1) is 9.09. The van der Waals surface area contributed by atoms with Gasteiger partial charge in [0.05, 0.1) is 24.7 Å². The molecule has 0 aliphatic rings. The van der Waals surface area contributed by atoms with Crippen molar-refractivity contribution in [3.63, 3.8) is 0 Å². The van der Waals surface area contributed by atoms with Gasteiger partial charge in [-0.2, -0.15) is 0 Å². The highest BCUT2D eigenvalue weighted by atomic mass is 16.5. The van der Waals surface area contributed by atoms with Gasteiger partial charge in [0.25, 0.3) is 0 Å². The maximum Gasteiger partial charge on any atom is 0.340 e. The number of pyridine rings is 1. The van der Waals surface area contributed by atoms with Crippen molar-refractivity contribution in [2.45, 2.75) is 6.42 Å². The summed E-state index contributed by atoms with van der Waals surface area (Å²) in [6.07, 6.45) is 1.36. The van der Waals surface area contributed by atoms with E-state index in [2.05, 4.69) is 4.98 Å². The van der Waals surface area contributed by atoms with Gasteiger partial charge in [0.1, 0.15) is 5.56 Å². The van der Waals surface area contributed by atoms with Gasteiger partial charge in [-0.05, 0) is 6.07 Å². The Labute approximate surface area is 108 Å². The number of carbonyl (C=O) groups is 2. The maximum atomic E-state index is 11.3. The van der Waals surface area contributed by atoms with Crippen molar-refractivity contribution >= 4 is 22.8 Å². The van der Waals surface area contributed by atoms with Crippen molar-refractivity contribution < 1.29 is 19.4 Å². The van der Waals surface area contributed by atoms with Crippen LogP contribution >= 0.6 is 0 Å². The molecule has 1 aromatic carbocycles. The molecule has 0 bridgehead atoms. The molecule has 0 saturated heterocycles. The van der Waals surface area contributed by atoms with E-state index in [-0.39, 0.29) is 24.3 Å². The van der Waals surface area contributed by atoms with Crippen LogP contribution in [0.5, 0.6) is 5.75 Å². The molecule has 0 spiro atoms. The lowest BCUT2D eigenvalue weighted by Crippen LogP contribution is -2.15. The first-order valence-corrected chi connectivity index (χ1v) is 5.61. The van der Waals surface area contributed by atoms with Crippen LogP contribution in [0.1, 0.15) is 16.8 Å². The first-order valence-electron chi connectivity index (χ1n) is 5.61. The fourth-order valence-corrected chi connectivity index (χ4v) is 1.71. The summed E-state index contributed by atoms with van der Waals surface area (Å²) < 4.78 is 5.27. The van der Waals surface area contributed by atoms with Crippen LogP contribution in [0.15, 0.2) is 30.5 Å². The van der Waals surface area contributed by atoms with Crippen LogP contribution in [0.2, 0.25) is 0 Å². The molecular weight excluding hydrogens is 248 g/mol. The molecule has 0 saturated carbocycles. The zero-order chi connectivity index (χ0) is 13.8. The number of amides is 1. The third-order valence-electron chi connectivity index (χ3n) is 2.56. The van der Waals surface area contributed by atoms with Crippen LogP contribution < -0.4 is 10.5 Å². The van der Waals surface area contributed by atoms with Crippen LogP contribution in [0.3, 0.4) is 0 Å². The highest BCUT2D eigenvalue weighted by molar-refractivity contribution is 6.04. The van der Waals surface area contributed by atoms with E-state index in [0.29, 0.717) is 10.9 Å². The van der Waals surface area contributed by atoms with Gasteiger partial charge in [-0.15, -0.1) is 0 Å². The molecular formula is C13H12N2O4. The number of benzene rings is 1. The van der Waals surface area contributed by atoms with Gasteiger partial charge in [-0.1, -0.05) is 18.2 Å². The number of carboxylic acid groups (broad SMARTS) is 1. The van der Waals surface area contributed by atoms with E-state index in [4.69, 9.17) is 10.5 Å². The molecule has 0 fully saturated rings. The highest BCUT2D eigenvalue weighted by Gasteiger charge is 2.16. The Hall–Kier alpha value is -2.63. The number of para-hydroxylation sites is 1. The zero-order valence-electron chi connectivity index (χ0n) is 10.00. The lowest BCUT2D eigenvalue weighted by atomic mass is 10.1. The van der Waals surface area contributed by atoms with Crippen molar-refractivity contribution in [3.05, 3.63) is 36.0 Å². The van der Waals surface area contributed by atoms with Crippen LogP contribution in [-0.4, -0.2) is 28.6 Å². The summed E-state index contributed by atoms with van der Waals surface area (Å²) in [5.41, 5.74) is 5.60. The average Bonchev–Trinajstić information content (AvgIpc) is 2.37. The lowest BCUT2D eigenvalue weighted by molar-refractivity contribution is -0.118. The Morgan fingerprint density at radius 1 is 1.32 bits per heavy atom. The van der Waals surface area contributed by atoms with Crippen molar-refractivity contribution in [3.8, 4) is 5.75 Å². The number of primary amides is 1. The van der Waals surface area contributed by atoms with Gasteiger partial charge in [0.15, 0.2) is 5.75 Å². The number of carbonyl (C=O) groups excluding carboxylic acids is 1. The topological polar surface area (TPSA) is 103 Å². The molecule has 19 heavy (non-hydrogen) atoms. The van der Waals surface area contributed by atoms with E-state index in [1.807, 2.05) is 0 Å². The number of hydrogen-bond donors (Lipinski definition) is 2. The average molecular weight is 260 g/mol. The number of ether oxygens (including phenoxy) is 1. The number of hydrogen-bond acceptors (Lipinski definition) is 4. The van der Waals surface area contributed by atoms with Gasteiger partial charge >= 0.3 is 5.97 Å². The van der Waals surface area contributed by atoms with Gasteiger partial charge in [-0.3, -0.25) is 9.78 Å². The summed E-state index contributed by atoms with van der Waals surface area (Å²) in [5.74, 6) is -1.48. The second-order valence-electron chi connectivity index (χ2n) is 3.88. The van der Waals surface area contributed by atoms with Gasteiger partial charge < -0.3 is 15.6 Å². The third kappa shape index (κ3) is 2.79. The SMILES string of the molecule is NC(=O)CCOc1cnc2ccccc2c1C(=O)O. The number of carboxylic acids is 1. The normalized spacial score (nSPS) is 10.3. The molecule has 0 aliphatic heterocycles. The van der Waals surface area contributed by atoms with E-state index in [1.54, 1.807) is 24.3 Å². The summed E-state index contributed by atoms with van der Waals surface area (Å²) >= 11 is 0. The standard InChI is InChI=1S/C13H12N2O4/c14-11(16)5-6-19-10-7-15-9-4-2-1-3-8(9)12(10)13(17)18/h1-4,7H,5-6H2,(H2,14,16)(H,17,18). The molecule has 1 amide bonds. The fourth-order valence-electron chi connectivity index (χ4n) is 1.71. The molecule has 98 valence electrons. The summed E-state index contributed by atoms with van der Waals surface area (Å²) in [6.45, 7) is 0.0234. The number of nitrogens with zero attached hydrogens (tertiary/aromatic N) is 1. The number of fused-ring (bicyclic) bond motifs is 1. The molecule has 1 aromatic heterocycles. The van der Waals surface area contributed by atoms with Crippen LogP contribution in [-0.2, 0) is 4.79 Å². The molecule has 0 aliphatic carbocycles. The summed E-state index contributed by atoms with van der Waals surface area (Å²) in [7, 11) is 0. The minimum absolute atomic E-state index is 0.0197. The molecule has 0 atom stereocenters. The first kappa shape index (κ1) is 12.8. The second-order valence-corrected chi connectivity index (χ2v) is 3.88. The van der Waals surface area contributed by atoms with Gasteiger partial charge in [-0.25, -0.2) is 4.79 Å². The Balaban J connectivity index is 2.40. The number of nitrogens with two attached hydrogens (primary N) is 1. The highest BCUT2D eigenvalue weighted by Crippen LogP contribution is 2.26. The van der Waals surface area contributed by atoms with Gasteiger partial charge in [0.2, 0.25) is 5.91 Å². The Morgan fingerprint density at radius 2 is 2.05 bits per heavy atom. The van der Waals surface area contributed by atoms with E-state index < -0.39 is 11.9 Å². The van der Waals surface area contributed by atoms with Gasteiger partial charge in [0, 0.05) is 5.39 Å². The number of aromatic carboxylic acids is 1. The molecule has 0 radical (unpaired) electrons. The predicted octanol–water partition coefficient (Wildman–Crippen LogP) is 1.19. The summed E-state index contributed by atoms with van der Waals surface area (Å²) in [5, 5.41) is 9.76. The Kier molecular flexibility index (Phi) is 3.61. The maximum absolute atomic E-state index is 11.3. The number of aromatic nitrogens is 1. The molecule has 2 rings (SSSR count). The van der Waals surface area contributed by atoms with E-state index in [9.17, 15) is 14.7 Å². The fraction of sp³-hybridized carbons (Fsp3) is 0.154. The minimum atomic E-state index is -1.10. The number of rotatable bonds is 5. The third-order valence-corrected chi connectivity index (χ3v) is 2.56.